The zero-order chi connectivity index (χ0) is 14.7. The molecular formula is C14H13ClIN3O. The standard InChI is InChI=1S/C14H13ClIN3O/c1-2-10-5-8(6-13(17)18-10)14(20)19-12-4-3-9(16)7-11(12)15/h3-7H,2H2,1H3,(H2,17,18)(H,19,20). The van der Waals surface area contributed by atoms with Crippen LogP contribution in [0.15, 0.2) is 30.3 Å². The van der Waals surface area contributed by atoms with Crippen molar-refractivity contribution in [3.05, 3.63) is 50.2 Å². The number of carbonyl (C=O) groups excluding carboxylic acids is 1. The molecule has 0 saturated heterocycles. The van der Waals surface area contributed by atoms with Crippen molar-refractivity contribution in [3.63, 3.8) is 0 Å². The second kappa shape index (κ2) is 6.41. The van der Waals surface area contributed by atoms with E-state index in [2.05, 4.69) is 32.9 Å². The van der Waals surface area contributed by atoms with Crippen LogP contribution in [0.25, 0.3) is 0 Å². The van der Waals surface area contributed by atoms with E-state index in [0.29, 0.717) is 22.1 Å². The lowest BCUT2D eigenvalue weighted by molar-refractivity contribution is 0.102. The molecule has 1 aromatic carbocycles. The van der Waals surface area contributed by atoms with Gasteiger partial charge in [0, 0.05) is 14.8 Å². The molecule has 20 heavy (non-hydrogen) atoms. The Morgan fingerprint density at radius 1 is 1.40 bits per heavy atom. The minimum Gasteiger partial charge on any atom is -0.384 e. The van der Waals surface area contributed by atoms with Gasteiger partial charge in [0.2, 0.25) is 0 Å². The average molecular weight is 402 g/mol. The number of benzene rings is 1. The molecule has 1 amide bonds. The molecule has 0 radical (unpaired) electrons. The highest BCUT2D eigenvalue weighted by Gasteiger charge is 2.11. The smallest absolute Gasteiger partial charge is 0.255 e. The first-order valence-electron chi connectivity index (χ1n) is 6.02. The van der Waals surface area contributed by atoms with Crippen LogP contribution >= 0.6 is 34.2 Å². The number of nitrogens with zero attached hydrogens (tertiary/aromatic N) is 1. The molecule has 0 saturated carbocycles. The van der Waals surface area contributed by atoms with Gasteiger partial charge in [-0.25, -0.2) is 4.98 Å². The minimum atomic E-state index is -0.253. The van der Waals surface area contributed by atoms with Gasteiger partial charge in [-0.1, -0.05) is 18.5 Å². The molecule has 4 nitrogen and oxygen atoms in total. The Bertz CT molecular complexity index is 661. The molecule has 0 aliphatic heterocycles. The summed E-state index contributed by atoms with van der Waals surface area (Å²) in [7, 11) is 0. The van der Waals surface area contributed by atoms with Crippen molar-refractivity contribution in [2.45, 2.75) is 13.3 Å². The molecule has 6 heteroatoms. The first kappa shape index (κ1) is 15.1. The Morgan fingerprint density at radius 3 is 2.80 bits per heavy atom. The van der Waals surface area contributed by atoms with Gasteiger partial charge < -0.3 is 11.1 Å². The van der Waals surface area contributed by atoms with Gasteiger partial charge in [-0.3, -0.25) is 4.79 Å². The lowest BCUT2D eigenvalue weighted by Gasteiger charge is -2.09. The summed E-state index contributed by atoms with van der Waals surface area (Å²) in [4.78, 5) is 16.4. The summed E-state index contributed by atoms with van der Waals surface area (Å²) < 4.78 is 1.01. The average Bonchev–Trinajstić information content (AvgIpc) is 2.41. The first-order chi connectivity index (χ1) is 9.49. The molecule has 3 N–H and O–H groups in total. The lowest BCUT2D eigenvalue weighted by atomic mass is 10.1. The van der Waals surface area contributed by atoms with Gasteiger partial charge in [-0.05, 0) is 59.3 Å². The molecule has 0 spiro atoms. The number of nitrogens with one attached hydrogen (secondary N) is 1. The fourth-order valence-electron chi connectivity index (χ4n) is 1.71. The summed E-state index contributed by atoms with van der Waals surface area (Å²) in [6.45, 7) is 1.96. The van der Waals surface area contributed by atoms with Crippen LogP contribution in [0.2, 0.25) is 5.02 Å². The summed E-state index contributed by atoms with van der Waals surface area (Å²) in [6, 6.07) is 8.71. The molecule has 0 atom stereocenters. The number of aryl methyl sites for hydroxylation is 1. The van der Waals surface area contributed by atoms with E-state index in [1.165, 1.54) is 0 Å². The van der Waals surface area contributed by atoms with Crippen LogP contribution in [0.4, 0.5) is 11.5 Å². The summed E-state index contributed by atoms with van der Waals surface area (Å²) in [5.74, 6) is 0.0834. The number of nitrogens with two attached hydrogens (primary N) is 1. The lowest BCUT2D eigenvalue weighted by Crippen LogP contribution is -2.13. The number of hydrogen-bond acceptors (Lipinski definition) is 3. The molecule has 1 aromatic heterocycles. The van der Waals surface area contributed by atoms with E-state index in [9.17, 15) is 4.79 Å². The highest BCUT2D eigenvalue weighted by molar-refractivity contribution is 14.1. The van der Waals surface area contributed by atoms with Crippen LogP contribution in [0, 0.1) is 3.57 Å². The van der Waals surface area contributed by atoms with Crippen molar-refractivity contribution in [1.82, 2.24) is 4.98 Å². The van der Waals surface area contributed by atoms with Gasteiger partial charge in [0.05, 0.1) is 10.7 Å². The van der Waals surface area contributed by atoms with E-state index < -0.39 is 0 Å². The molecular weight excluding hydrogens is 389 g/mol. The summed E-state index contributed by atoms with van der Waals surface area (Å²) in [6.07, 6.45) is 0.718. The first-order valence-corrected chi connectivity index (χ1v) is 7.48. The molecule has 2 rings (SSSR count). The fourth-order valence-corrected chi connectivity index (χ4v) is 2.61. The molecule has 0 aliphatic rings. The molecule has 0 aliphatic carbocycles. The summed E-state index contributed by atoms with van der Waals surface area (Å²) in [5.41, 5.74) is 7.53. The monoisotopic (exact) mass is 401 g/mol. The van der Waals surface area contributed by atoms with Crippen LogP contribution < -0.4 is 11.1 Å². The number of rotatable bonds is 3. The third-order valence-electron chi connectivity index (χ3n) is 2.70. The SMILES string of the molecule is CCc1cc(C(=O)Nc2ccc(I)cc2Cl)cc(N)n1. The molecule has 2 aromatic rings. The third-order valence-corrected chi connectivity index (χ3v) is 3.69. The highest BCUT2D eigenvalue weighted by Crippen LogP contribution is 2.24. The van der Waals surface area contributed by atoms with Crippen molar-refractivity contribution < 1.29 is 4.79 Å². The van der Waals surface area contributed by atoms with E-state index in [4.69, 9.17) is 17.3 Å². The Balaban J connectivity index is 2.26. The second-order valence-corrected chi connectivity index (χ2v) is 5.86. The van der Waals surface area contributed by atoms with E-state index in [0.717, 1.165) is 15.7 Å². The number of amides is 1. The minimum absolute atomic E-state index is 0.253. The molecule has 0 bridgehead atoms. The van der Waals surface area contributed by atoms with Crippen LogP contribution in [0.5, 0.6) is 0 Å². The summed E-state index contributed by atoms with van der Waals surface area (Å²) >= 11 is 8.25. The van der Waals surface area contributed by atoms with E-state index in [1.807, 2.05) is 13.0 Å². The van der Waals surface area contributed by atoms with Gasteiger partial charge in [-0.2, -0.15) is 0 Å². The van der Waals surface area contributed by atoms with E-state index in [1.54, 1.807) is 24.3 Å². The van der Waals surface area contributed by atoms with Crippen molar-refractivity contribution in [1.29, 1.82) is 0 Å². The van der Waals surface area contributed by atoms with Gasteiger partial charge in [-0.15, -0.1) is 0 Å². The topological polar surface area (TPSA) is 68.0 Å². The Kier molecular flexibility index (Phi) is 4.82. The van der Waals surface area contributed by atoms with E-state index >= 15 is 0 Å². The van der Waals surface area contributed by atoms with Gasteiger partial charge in [0.15, 0.2) is 0 Å². The van der Waals surface area contributed by atoms with Crippen molar-refractivity contribution >= 4 is 51.6 Å². The summed E-state index contributed by atoms with van der Waals surface area (Å²) in [5, 5.41) is 3.28. The van der Waals surface area contributed by atoms with Crippen LogP contribution in [-0.2, 0) is 6.42 Å². The second-order valence-electron chi connectivity index (χ2n) is 4.20. The van der Waals surface area contributed by atoms with Gasteiger partial charge >= 0.3 is 0 Å². The van der Waals surface area contributed by atoms with Crippen LogP contribution in [0.1, 0.15) is 23.0 Å². The van der Waals surface area contributed by atoms with Crippen molar-refractivity contribution in [2.75, 3.05) is 11.1 Å². The van der Waals surface area contributed by atoms with Crippen LogP contribution in [-0.4, -0.2) is 10.9 Å². The number of nitrogen functional groups attached to an aromatic ring is 1. The fraction of sp³-hybridized carbons (Fsp3) is 0.143. The number of halogens is 2. The zero-order valence-corrected chi connectivity index (χ0v) is 13.7. The van der Waals surface area contributed by atoms with E-state index in [-0.39, 0.29) is 5.91 Å². The maximum atomic E-state index is 12.2. The number of pyridine rings is 1. The molecule has 1 heterocycles. The van der Waals surface area contributed by atoms with Gasteiger partial charge in [0.1, 0.15) is 5.82 Å². The highest BCUT2D eigenvalue weighted by atomic mass is 127. The van der Waals surface area contributed by atoms with Crippen molar-refractivity contribution in [3.8, 4) is 0 Å². The molecule has 0 unspecified atom stereocenters. The van der Waals surface area contributed by atoms with Crippen molar-refractivity contribution in [2.24, 2.45) is 0 Å². The predicted octanol–water partition coefficient (Wildman–Crippen LogP) is 3.74. The predicted molar refractivity (Wildman–Crippen MR) is 90.1 cm³/mol. The number of hydrogen-bond donors (Lipinski definition) is 2. The Morgan fingerprint density at radius 2 is 2.15 bits per heavy atom. The largest absolute Gasteiger partial charge is 0.384 e. The zero-order valence-electron chi connectivity index (χ0n) is 10.8. The number of anilines is 2. The third kappa shape index (κ3) is 3.61. The quantitative estimate of drug-likeness (QED) is 0.770. The Hall–Kier alpha value is -1.34. The molecule has 0 fully saturated rings. The number of aromatic nitrogens is 1. The van der Waals surface area contributed by atoms with Crippen LogP contribution in [0.3, 0.4) is 0 Å². The van der Waals surface area contributed by atoms with Gasteiger partial charge in [0.25, 0.3) is 5.91 Å². The molecule has 104 valence electrons. The maximum absolute atomic E-state index is 12.2. The Labute approximate surface area is 135 Å². The maximum Gasteiger partial charge on any atom is 0.255 e. The normalized spacial score (nSPS) is 10.3. The number of carbonyl (C=O) groups is 1.